The molecule has 7 heteroatoms. The average molecular weight is 384 g/mol. The van der Waals surface area contributed by atoms with Gasteiger partial charge in [-0.2, -0.15) is 0 Å². The largest absolute Gasteiger partial charge is 0.368 e. The minimum absolute atomic E-state index is 0.0848. The average Bonchev–Trinajstić information content (AvgIpc) is 2.73. The highest BCUT2D eigenvalue weighted by atomic mass is 19.1. The second-order valence-corrected chi connectivity index (χ2v) is 6.79. The first-order valence-electron chi connectivity index (χ1n) is 9.41. The number of anilines is 1. The molecule has 28 heavy (non-hydrogen) atoms. The third-order valence-electron chi connectivity index (χ3n) is 4.83. The van der Waals surface area contributed by atoms with Gasteiger partial charge in [0.25, 0.3) is 0 Å². The van der Waals surface area contributed by atoms with Crippen molar-refractivity contribution in [2.45, 2.75) is 19.5 Å². The highest BCUT2D eigenvalue weighted by Crippen LogP contribution is 2.15. The predicted molar refractivity (Wildman–Crippen MR) is 106 cm³/mol. The Labute approximate surface area is 164 Å². The SMILES string of the molecule is C[C@H](NC(=O)N1CCN(c2ccccc2)CC1)C(=O)NCc1ccccc1F. The Bertz CT molecular complexity index is 807. The van der Waals surface area contributed by atoms with Crippen molar-refractivity contribution in [3.05, 3.63) is 66.0 Å². The summed E-state index contributed by atoms with van der Waals surface area (Å²) in [6.07, 6.45) is 0. The maximum atomic E-state index is 13.6. The van der Waals surface area contributed by atoms with Crippen molar-refractivity contribution in [2.75, 3.05) is 31.1 Å². The Hall–Kier alpha value is -3.09. The molecule has 0 aromatic heterocycles. The van der Waals surface area contributed by atoms with Crippen LogP contribution in [-0.4, -0.2) is 49.1 Å². The molecule has 2 N–H and O–H groups in total. The van der Waals surface area contributed by atoms with E-state index in [0.29, 0.717) is 18.7 Å². The predicted octanol–water partition coefficient (Wildman–Crippen LogP) is 2.36. The number of hydrogen-bond donors (Lipinski definition) is 2. The zero-order chi connectivity index (χ0) is 19.9. The highest BCUT2D eigenvalue weighted by molar-refractivity contribution is 5.86. The molecule has 0 bridgehead atoms. The van der Waals surface area contributed by atoms with Crippen LogP contribution in [0.4, 0.5) is 14.9 Å². The molecule has 6 nitrogen and oxygen atoms in total. The van der Waals surface area contributed by atoms with Gasteiger partial charge in [0.05, 0.1) is 0 Å². The van der Waals surface area contributed by atoms with Crippen LogP contribution in [0.3, 0.4) is 0 Å². The maximum Gasteiger partial charge on any atom is 0.318 e. The zero-order valence-corrected chi connectivity index (χ0v) is 15.9. The van der Waals surface area contributed by atoms with Gasteiger partial charge in [-0.1, -0.05) is 36.4 Å². The van der Waals surface area contributed by atoms with Gasteiger partial charge < -0.3 is 20.4 Å². The lowest BCUT2D eigenvalue weighted by molar-refractivity contribution is -0.122. The summed E-state index contributed by atoms with van der Waals surface area (Å²) in [4.78, 5) is 28.6. The molecule has 3 rings (SSSR count). The molecule has 1 aliphatic rings. The molecule has 2 aromatic carbocycles. The molecule has 1 atom stereocenters. The molecule has 0 radical (unpaired) electrons. The third kappa shape index (κ3) is 5.00. The molecule has 3 amide bonds. The molecule has 1 saturated heterocycles. The summed E-state index contributed by atoms with van der Waals surface area (Å²) in [5, 5.41) is 5.37. The summed E-state index contributed by atoms with van der Waals surface area (Å²) < 4.78 is 13.6. The Kier molecular flexibility index (Phi) is 6.47. The fourth-order valence-electron chi connectivity index (χ4n) is 3.13. The monoisotopic (exact) mass is 384 g/mol. The van der Waals surface area contributed by atoms with Gasteiger partial charge >= 0.3 is 6.03 Å². The number of carbonyl (C=O) groups excluding carboxylic acids is 2. The quantitative estimate of drug-likeness (QED) is 0.832. The molecule has 1 aliphatic heterocycles. The molecular weight excluding hydrogens is 359 g/mol. The molecule has 148 valence electrons. The summed E-state index contributed by atoms with van der Waals surface area (Å²) in [6, 6.07) is 15.4. The summed E-state index contributed by atoms with van der Waals surface area (Å²) in [5.41, 5.74) is 1.55. The van der Waals surface area contributed by atoms with Gasteiger partial charge in [-0.25, -0.2) is 9.18 Å². The van der Waals surface area contributed by atoms with Gasteiger partial charge in [0.2, 0.25) is 5.91 Å². The van der Waals surface area contributed by atoms with Gasteiger partial charge in [-0.3, -0.25) is 4.79 Å². The fraction of sp³-hybridized carbons (Fsp3) is 0.333. The molecule has 1 heterocycles. The molecule has 0 saturated carbocycles. The number of carbonyl (C=O) groups is 2. The standard InChI is InChI=1S/C21H25FN4O2/c1-16(20(27)23-15-17-7-5-6-10-19(17)22)24-21(28)26-13-11-25(12-14-26)18-8-3-2-4-9-18/h2-10,16H,11-15H2,1H3,(H,23,27)(H,24,28)/t16-/m0/s1. The van der Waals surface area contributed by atoms with Crippen molar-refractivity contribution in [1.82, 2.24) is 15.5 Å². The summed E-state index contributed by atoms with van der Waals surface area (Å²) >= 11 is 0. The van der Waals surface area contributed by atoms with Gasteiger partial charge in [0, 0.05) is 44.0 Å². The molecule has 1 fully saturated rings. The van der Waals surface area contributed by atoms with Gasteiger partial charge in [-0.05, 0) is 25.1 Å². The number of nitrogens with one attached hydrogen (secondary N) is 2. The van der Waals surface area contributed by atoms with Crippen LogP contribution in [0.15, 0.2) is 54.6 Å². The van der Waals surface area contributed by atoms with Crippen molar-refractivity contribution >= 4 is 17.6 Å². The number of amides is 3. The van der Waals surface area contributed by atoms with E-state index in [4.69, 9.17) is 0 Å². The number of hydrogen-bond acceptors (Lipinski definition) is 3. The second-order valence-electron chi connectivity index (χ2n) is 6.79. The van der Waals surface area contributed by atoms with Crippen LogP contribution < -0.4 is 15.5 Å². The van der Waals surface area contributed by atoms with Crippen molar-refractivity contribution in [2.24, 2.45) is 0 Å². The van der Waals surface area contributed by atoms with Crippen LogP contribution in [0.25, 0.3) is 0 Å². The lowest BCUT2D eigenvalue weighted by Gasteiger charge is -2.36. The van der Waals surface area contributed by atoms with Crippen molar-refractivity contribution < 1.29 is 14.0 Å². The Morgan fingerprint density at radius 3 is 2.32 bits per heavy atom. The first-order chi connectivity index (χ1) is 13.5. The van der Waals surface area contributed by atoms with E-state index in [2.05, 4.69) is 27.7 Å². The number of benzene rings is 2. The molecule has 0 aliphatic carbocycles. The minimum atomic E-state index is -0.702. The van der Waals surface area contributed by atoms with E-state index >= 15 is 0 Å². The number of halogens is 1. The molecule has 0 unspecified atom stereocenters. The van der Waals surface area contributed by atoms with E-state index in [9.17, 15) is 14.0 Å². The Morgan fingerprint density at radius 2 is 1.64 bits per heavy atom. The highest BCUT2D eigenvalue weighted by Gasteiger charge is 2.24. The smallest absolute Gasteiger partial charge is 0.318 e. The zero-order valence-electron chi connectivity index (χ0n) is 15.9. The fourth-order valence-corrected chi connectivity index (χ4v) is 3.13. The van der Waals surface area contributed by atoms with Crippen LogP contribution in [-0.2, 0) is 11.3 Å². The van der Waals surface area contributed by atoms with Crippen molar-refractivity contribution in [3.8, 4) is 0 Å². The summed E-state index contributed by atoms with van der Waals surface area (Å²) in [6.45, 7) is 4.36. The normalized spacial score (nSPS) is 15.1. The summed E-state index contributed by atoms with van der Waals surface area (Å²) in [5.74, 6) is -0.713. The van der Waals surface area contributed by atoms with E-state index in [1.54, 1.807) is 30.0 Å². The minimum Gasteiger partial charge on any atom is -0.368 e. The lowest BCUT2D eigenvalue weighted by atomic mass is 10.2. The lowest BCUT2D eigenvalue weighted by Crippen LogP contribution is -2.55. The van der Waals surface area contributed by atoms with Gasteiger partial charge in [0.1, 0.15) is 11.9 Å². The number of urea groups is 1. The number of para-hydroxylation sites is 1. The number of nitrogens with zero attached hydrogens (tertiary/aromatic N) is 2. The van der Waals surface area contributed by atoms with Crippen LogP contribution in [0.5, 0.6) is 0 Å². The Morgan fingerprint density at radius 1 is 1.00 bits per heavy atom. The third-order valence-corrected chi connectivity index (χ3v) is 4.83. The topological polar surface area (TPSA) is 64.7 Å². The van der Waals surface area contributed by atoms with Crippen LogP contribution >= 0.6 is 0 Å². The molecule has 0 spiro atoms. The van der Waals surface area contributed by atoms with Crippen molar-refractivity contribution in [3.63, 3.8) is 0 Å². The van der Waals surface area contributed by atoms with Gasteiger partial charge in [-0.15, -0.1) is 0 Å². The Balaban J connectivity index is 1.44. The second kappa shape index (κ2) is 9.21. The molecular formula is C21H25FN4O2. The van der Waals surface area contributed by atoms with Crippen LogP contribution in [0, 0.1) is 5.82 Å². The number of piperazine rings is 1. The van der Waals surface area contributed by atoms with E-state index in [-0.39, 0.29) is 24.3 Å². The van der Waals surface area contributed by atoms with E-state index in [0.717, 1.165) is 18.8 Å². The first kappa shape index (κ1) is 19.7. The number of rotatable bonds is 5. The molecule has 2 aromatic rings. The first-order valence-corrected chi connectivity index (χ1v) is 9.41. The van der Waals surface area contributed by atoms with Gasteiger partial charge in [0.15, 0.2) is 0 Å². The van der Waals surface area contributed by atoms with E-state index in [1.807, 2.05) is 18.2 Å². The van der Waals surface area contributed by atoms with E-state index < -0.39 is 6.04 Å². The van der Waals surface area contributed by atoms with Crippen LogP contribution in [0.1, 0.15) is 12.5 Å². The maximum absolute atomic E-state index is 13.6. The van der Waals surface area contributed by atoms with Crippen molar-refractivity contribution in [1.29, 1.82) is 0 Å². The van der Waals surface area contributed by atoms with E-state index in [1.165, 1.54) is 6.07 Å². The summed E-state index contributed by atoms with van der Waals surface area (Å²) in [7, 11) is 0. The van der Waals surface area contributed by atoms with Crippen LogP contribution in [0.2, 0.25) is 0 Å².